The van der Waals surface area contributed by atoms with Crippen molar-refractivity contribution in [2.45, 2.75) is 18.9 Å². The van der Waals surface area contributed by atoms with Crippen molar-refractivity contribution in [1.29, 1.82) is 0 Å². The summed E-state index contributed by atoms with van der Waals surface area (Å²) >= 11 is 2.22. The molecule has 76 valence electrons. The number of aliphatic hydroxyl groups excluding tert-OH is 1. The number of halogens is 1. The van der Waals surface area contributed by atoms with Crippen molar-refractivity contribution < 1.29 is 5.11 Å². The van der Waals surface area contributed by atoms with E-state index in [1.807, 2.05) is 0 Å². The number of nitrogens with zero attached hydrogens (tertiary/aromatic N) is 3. The lowest BCUT2D eigenvalue weighted by Gasteiger charge is -2.31. The highest BCUT2D eigenvalue weighted by Gasteiger charge is 2.20. The maximum Gasteiger partial charge on any atom is 0.145 e. The lowest BCUT2D eigenvalue weighted by molar-refractivity contribution is 0.154. The van der Waals surface area contributed by atoms with E-state index in [1.54, 1.807) is 12.5 Å². The molecule has 2 rings (SSSR count). The zero-order valence-corrected chi connectivity index (χ0v) is 9.88. The van der Waals surface area contributed by atoms with E-state index in [0.29, 0.717) is 6.54 Å². The molecule has 0 aromatic carbocycles. The minimum atomic E-state index is -0.213. The van der Waals surface area contributed by atoms with Crippen LogP contribution in [-0.4, -0.2) is 34.3 Å². The van der Waals surface area contributed by atoms with Gasteiger partial charge in [0, 0.05) is 19.3 Å². The van der Waals surface area contributed by atoms with E-state index in [0.717, 1.165) is 28.8 Å². The van der Waals surface area contributed by atoms with Crippen LogP contribution in [0.25, 0.3) is 0 Å². The van der Waals surface area contributed by atoms with Gasteiger partial charge in [0.25, 0.3) is 0 Å². The lowest BCUT2D eigenvalue weighted by atomic mass is 10.1. The Hall–Kier alpha value is -0.430. The Kier molecular flexibility index (Phi) is 3.17. The summed E-state index contributed by atoms with van der Waals surface area (Å²) in [5.74, 6) is 0.944. The second kappa shape index (κ2) is 4.39. The summed E-state index contributed by atoms with van der Waals surface area (Å²) in [6.45, 7) is 1.66. The van der Waals surface area contributed by atoms with Gasteiger partial charge in [0.05, 0.1) is 9.67 Å². The summed E-state index contributed by atoms with van der Waals surface area (Å²) in [5.41, 5.74) is 0. The molecule has 0 spiro atoms. The lowest BCUT2D eigenvalue weighted by Crippen LogP contribution is -2.39. The van der Waals surface area contributed by atoms with Gasteiger partial charge in [-0.25, -0.2) is 9.97 Å². The van der Waals surface area contributed by atoms with Crippen LogP contribution in [0, 0.1) is 3.57 Å². The number of hydrogen-bond acceptors (Lipinski definition) is 4. The zero-order valence-electron chi connectivity index (χ0n) is 7.73. The molecule has 1 fully saturated rings. The van der Waals surface area contributed by atoms with E-state index in [9.17, 15) is 5.11 Å². The van der Waals surface area contributed by atoms with Crippen LogP contribution in [0.5, 0.6) is 0 Å². The number of anilines is 1. The molecule has 14 heavy (non-hydrogen) atoms. The first kappa shape index (κ1) is 10.1. The van der Waals surface area contributed by atoms with E-state index in [4.69, 9.17) is 0 Å². The summed E-state index contributed by atoms with van der Waals surface area (Å²) in [6, 6.07) is 0. The predicted molar refractivity (Wildman–Crippen MR) is 62.2 cm³/mol. The van der Waals surface area contributed by atoms with Crippen LogP contribution in [0.15, 0.2) is 12.5 Å². The summed E-state index contributed by atoms with van der Waals surface area (Å²) in [4.78, 5) is 10.3. The average Bonchev–Trinajstić information content (AvgIpc) is 2.18. The second-order valence-electron chi connectivity index (χ2n) is 3.44. The molecule has 1 aromatic heterocycles. The molecule has 0 amide bonds. The highest BCUT2D eigenvalue weighted by atomic mass is 127. The fourth-order valence-corrected chi connectivity index (χ4v) is 2.33. The Morgan fingerprint density at radius 3 is 3.14 bits per heavy atom. The van der Waals surface area contributed by atoms with Crippen LogP contribution in [0.1, 0.15) is 12.8 Å². The molecule has 1 N–H and O–H groups in total. The molecule has 0 bridgehead atoms. The van der Waals surface area contributed by atoms with E-state index in [-0.39, 0.29) is 6.10 Å². The first-order chi connectivity index (χ1) is 6.77. The minimum absolute atomic E-state index is 0.213. The van der Waals surface area contributed by atoms with Crippen LogP contribution >= 0.6 is 22.6 Å². The molecule has 2 heterocycles. The Morgan fingerprint density at radius 2 is 2.43 bits per heavy atom. The molecule has 1 saturated heterocycles. The third-order valence-corrected chi connectivity index (χ3v) is 3.11. The average molecular weight is 305 g/mol. The Morgan fingerprint density at radius 1 is 1.57 bits per heavy atom. The molecule has 4 nitrogen and oxygen atoms in total. The Bertz CT molecular complexity index is 321. The molecule has 1 aromatic rings. The summed E-state index contributed by atoms with van der Waals surface area (Å²) in [7, 11) is 0. The molecule has 0 saturated carbocycles. The molecule has 0 aliphatic carbocycles. The highest BCUT2D eigenvalue weighted by molar-refractivity contribution is 14.1. The third-order valence-electron chi connectivity index (χ3n) is 2.34. The van der Waals surface area contributed by atoms with E-state index in [1.165, 1.54) is 0 Å². The number of β-amino-alcohol motifs (C(OH)–C–C–N with tert-alkyl or cyclic N) is 1. The van der Waals surface area contributed by atoms with Crippen LogP contribution in [0.2, 0.25) is 0 Å². The zero-order chi connectivity index (χ0) is 9.97. The van der Waals surface area contributed by atoms with Gasteiger partial charge in [-0.2, -0.15) is 0 Å². The fraction of sp³-hybridized carbons (Fsp3) is 0.556. The normalized spacial score (nSPS) is 22.4. The van der Waals surface area contributed by atoms with Gasteiger partial charge in [0.1, 0.15) is 12.1 Å². The number of hydrogen-bond donors (Lipinski definition) is 1. The molecule has 5 heteroatoms. The number of aromatic nitrogens is 2. The number of rotatable bonds is 1. The van der Waals surface area contributed by atoms with Crippen LogP contribution < -0.4 is 4.90 Å². The van der Waals surface area contributed by atoms with Crippen molar-refractivity contribution in [3.63, 3.8) is 0 Å². The molecule has 1 atom stereocenters. The van der Waals surface area contributed by atoms with Gasteiger partial charge in [-0.1, -0.05) is 0 Å². The molecular formula is C9H12IN3O. The predicted octanol–water partition coefficient (Wildman–Crippen LogP) is 1.04. The molecule has 1 aliphatic rings. The van der Waals surface area contributed by atoms with Crippen molar-refractivity contribution in [3.8, 4) is 0 Å². The van der Waals surface area contributed by atoms with Crippen molar-refractivity contribution in [2.24, 2.45) is 0 Å². The minimum Gasteiger partial charge on any atom is -0.391 e. The monoisotopic (exact) mass is 305 g/mol. The van der Waals surface area contributed by atoms with Gasteiger partial charge in [0.15, 0.2) is 0 Å². The van der Waals surface area contributed by atoms with Crippen LogP contribution in [-0.2, 0) is 0 Å². The summed E-state index contributed by atoms with van der Waals surface area (Å²) < 4.78 is 1.04. The van der Waals surface area contributed by atoms with Gasteiger partial charge in [-0.3, -0.25) is 0 Å². The van der Waals surface area contributed by atoms with Crippen LogP contribution in [0.4, 0.5) is 5.82 Å². The first-order valence-electron chi connectivity index (χ1n) is 4.66. The standard InChI is InChI=1S/C9H12IN3O/c10-8-4-11-6-12-9(8)13-3-1-2-7(14)5-13/h4,6-7,14H,1-3,5H2. The second-order valence-corrected chi connectivity index (χ2v) is 4.60. The van der Waals surface area contributed by atoms with E-state index in [2.05, 4.69) is 37.5 Å². The molecular weight excluding hydrogens is 293 g/mol. The van der Waals surface area contributed by atoms with Crippen LogP contribution in [0.3, 0.4) is 0 Å². The first-order valence-corrected chi connectivity index (χ1v) is 5.74. The van der Waals surface area contributed by atoms with Gasteiger partial charge in [0.2, 0.25) is 0 Å². The topological polar surface area (TPSA) is 49.2 Å². The smallest absolute Gasteiger partial charge is 0.145 e. The molecule has 0 radical (unpaired) electrons. The SMILES string of the molecule is OC1CCCN(c2ncncc2I)C1. The summed E-state index contributed by atoms with van der Waals surface area (Å²) in [6.07, 6.45) is 5.07. The van der Waals surface area contributed by atoms with Crippen molar-refractivity contribution >= 4 is 28.4 Å². The maximum absolute atomic E-state index is 9.54. The van der Waals surface area contributed by atoms with Gasteiger partial charge in [-0.05, 0) is 35.4 Å². The highest BCUT2D eigenvalue weighted by Crippen LogP contribution is 2.21. The third kappa shape index (κ3) is 2.14. The Balaban J connectivity index is 2.18. The quantitative estimate of drug-likeness (QED) is 0.788. The van der Waals surface area contributed by atoms with Gasteiger partial charge < -0.3 is 10.0 Å². The van der Waals surface area contributed by atoms with Gasteiger partial charge >= 0.3 is 0 Å². The van der Waals surface area contributed by atoms with Crippen molar-refractivity contribution in [3.05, 3.63) is 16.1 Å². The molecule has 1 aliphatic heterocycles. The van der Waals surface area contributed by atoms with E-state index >= 15 is 0 Å². The fourth-order valence-electron chi connectivity index (χ4n) is 1.69. The van der Waals surface area contributed by atoms with E-state index < -0.39 is 0 Å². The molecule has 1 unspecified atom stereocenters. The summed E-state index contributed by atoms with van der Waals surface area (Å²) in [5, 5.41) is 9.54. The van der Waals surface area contributed by atoms with Crippen molar-refractivity contribution in [1.82, 2.24) is 9.97 Å². The number of aliphatic hydroxyl groups is 1. The Labute approximate surface area is 96.5 Å². The largest absolute Gasteiger partial charge is 0.391 e. The van der Waals surface area contributed by atoms with Crippen molar-refractivity contribution in [2.75, 3.05) is 18.0 Å². The maximum atomic E-state index is 9.54. The van der Waals surface area contributed by atoms with Gasteiger partial charge in [-0.15, -0.1) is 0 Å². The number of piperidine rings is 1.